The zero-order valence-corrected chi connectivity index (χ0v) is 17.2. The van der Waals surface area contributed by atoms with Crippen molar-refractivity contribution in [3.63, 3.8) is 0 Å². The number of urea groups is 1. The molecule has 4 rings (SSSR count). The van der Waals surface area contributed by atoms with Crippen LogP contribution in [0, 0.1) is 0 Å². The van der Waals surface area contributed by atoms with Crippen LogP contribution in [0.1, 0.15) is 17.2 Å². The predicted octanol–water partition coefficient (Wildman–Crippen LogP) is 4.99. The number of anilines is 1. The van der Waals surface area contributed by atoms with Gasteiger partial charge in [0.05, 0.1) is 25.2 Å². The van der Waals surface area contributed by atoms with E-state index in [0.717, 1.165) is 16.8 Å². The number of hydrogen-bond acceptors (Lipinski definition) is 3. The van der Waals surface area contributed by atoms with E-state index in [0.29, 0.717) is 17.9 Å². The van der Waals surface area contributed by atoms with Gasteiger partial charge < -0.3 is 19.9 Å². The lowest BCUT2D eigenvalue weighted by molar-refractivity contribution is 0.248. The minimum absolute atomic E-state index is 0.157. The number of benzene rings is 3. The number of hydrogen-bond donors (Lipinski definition) is 2. The van der Waals surface area contributed by atoms with Gasteiger partial charge in [-0.15, -0.1) is 0 Å². The van der Waals surface area contributed by atoms with E-state index < -0.39 is 0 Å². The molecule has 0 spiro atoms. The van der Waals surface area contributed by atoms with Crippen LogP contribution in [0.5, 0.6) is 5.75 Å². The molecule has 0 aliphatic carbocycles. The normalized spacial score (nSPS) is 11.5. The topological polar surface area (TPSA) is 68.2 Å². The number of nitrogens with one attached hydrogen (secondary N) is 2. The van der Waals surface area contributed by atoms with E-state index in [1.807, 2.05) is 71.4 Å². The van der Waals surface area contributed by atoms with E-state index in [9.17, 15) is 4.79 Å². The zero-order valence-electron chi connectivity index (χ0n) is 17.2. The van der Waals surface area contributed by atoms with Gasteiger partial charge in [0.15, 0.2) is 0 Å². The summed E-state index contributed by atoms with van der Waals surface area (Å²) in [6.07, 6.45) is 5.94. The van der Waals surface area contributed by atoms with Crippen molar-refractivity contribution < 1.29 is 9.53 Å². The van der Waals surface area contributed by atoms with Crippen molar-refractivity contribution in [2.75, 3.05) is 12.4 Å². The van der Waals surface area contributed by atoms with Crippen molar-refractivity contribution in [1.29, 1.82) is 0 Å². The summed E-state index contributed by atoms with van der Waals surface area (Å²) in [6, 6.07) is 25.2. The number of amides is 2. The molecular weight excluding hydrogens is 388 g/mol. The maximum Gasteiger partial charge on any atom is 0.319 e. The second kappa shape index (κ2) is 9.63. The van der Waals surface area contributed by atoms with Crippen LogP contribution in [-0.4, -0.2) is 22.7 Å². The van der Waals surface area contributed by atoms with Crippen LogP contribution in [0.3, 0.4) is 0 Å². The van der Waals surface area contributed by atoms with E-state index in [1.54, 1.807) is 25.7 Å². The quantitative estimate of drug-likeness (QED) is 0.450. The molecule has 0 aliphatic heterocycles. The predicted molar refractivity (Wildman–Crippen MR) is 122 cm³/mol. The number of imidazole rings is 1. The summed E-state index contributed by atoms with van der Waals surface area (Å²) in [4.78, 5) is 16.9. The van der Waals surface area contributed by atoms with Crippen LogP contribution < -0.4 is 15.4 Å². The van der Waals surface area contributed by atoms with Gasteiger partial charge in [-0.1, -0.05) is 60.7 Å². The van der Waals surface area contributed by atoms with Crippen LogP contribution in [0.15, 0.2) is 97.6 Å². The Morgan fingerprint density at radius 1 is 1.03 bits per heavy atom. The molecule has 156 valence electrons. The average molecular weight is 412 g/mol. The molecule has 1 unspecified atom stereocenters. The fourth-order valence-electron chi connectivity index (χ4n) is 3.48. The maximum absolute atomic E-state index is 12.8. The summed E-state index contributed by atoms with van der Waals surface area (Å²) < 4.78 is 7.36. The average Bonchev–Trinajstić information content (AvgIpc) is 3.34. The molecule has 0 bridgehead atoms. The Morgan fingerprint density at radius 2 is 1.77 bits per heavy atom. The highest BCUT2D eigenvalue weighted by atomic mass is 16.5. The van der Waals surface area contributed by atoms with Crippen molar-refractivity contribution >= 4 is 11.7 Å². The lowest BCUT2D eigenvalue weighted by Gasteiger charge is -2.20. The molecule has 31 heavy (non-hydrogen) atoms. The molecule has 3 aromatic carbocycles. The lowest BCUT2D eigenvalue weighted by atomic mass is 9.99. The molecule has 2 N–H and O–H groups in total. The van der Waals surface area contributed by atoms with Crippen LogP contribution >= 0.6 is 0 Å². The molecule has 1 atom stereocenters. The SMILES string of the molecule is COc1cc(NC(=O)NC(Cc2ccccc2)c2ccccc2)ccc1-n1ccnc1. The van der Waals surface area contributed by atoms with Crippen molar-refractivity contribution in [2.45, 2.75) is 12.5 Å². The smallest absolute Gasteiger partial charge is 0.319 e. The minimum atomic E-state index is -0.276. The van der Waals surface area contributed by atoms with Crippen molar-refractivity contribution in [2.24, 2.45) is 0 Å². The highest BCUT2D eigenvalue weighted by Crippen LogP contribution is 2.27. The Balaban J connectivity index is 1.50. The fraction of sp³-hybridized carbons (Fsp3) is 0.120. The van der Waals surface area contributed by atoms with Gasteiger partial charge in [-0.25, -0.2) is 9.78 Å². The Labute approximate surface area is 181 Å². The van der Waals surface area contributed by atoms with Gasteiger partial charge in [0.1, 0.15) is 5.75 Å². The van der Waals surface area contributed by atoms with Crippen molar-refractivity contribution in [3.8, 4) is 11.4 Å². The minimum Gasteiger partial charge on any atom is -0.494 e. The van der Waals surface area contributed by atoms with Gasteiger partial charge in [0, 0.05) is 24.1 Å². The third kappa shape index (κ3) is 5.11. The molecule has 0 fully saturated rings. The summed E-state index contributed by atoms with van der Waals surface area (Å²) in [6.45, 7) is 0. The first kappa shape index (κ1) is 20.2. The van der Waals surface area contributed by atoms with Crippen LogP contribution in [-0.2, 0) is 6.42 Å². The van der Waals surface area contributed by atoms with E-state index in [1.165, 1.54) is 0 Å². The third-order valence-electron chi connectivity index (χ3n) is 5.01. The Kier molecular flexibility index (Phi) is 6.28. The van der Waals surface area contributed by atoms with E-state index in [4.69, 9.17) is 4.74 Å². The summed E-state index contributed by atoms with van der Waals surface area (Å²) in [7, 11) is 1.60. The Hall–Kier alpha value is -4.06. The highest BCUT2D eigenvalue weighted by molar-refractivity contribution is 5.90. The molecule has 6 nitrogen and oxygen atoms in total. The molecule has 0 saturated carbocycles. The first-order chi connectivity index (χ1) is 15.2. The van der Waals surface area contributed by atoms with Crippen molar-refractivity contribution in [3.05, 3.63) is 109 Å². The van der Waals surface area contributed by atoms with Crippen LogP contribution in [0.2, 0.25) is 0 Å². The summed E-state index contributed by atoms with van der Waals surface area (Å²) in [5.41, 5.74) is 3.69. The molecule has 0 saturated heterocycles. The summed E-state index contributed by atoms with van der Waals surface area (Å²) in [5.74, 6) is 0.639. The molecule has 1 aromatic heterocycles. The Morgan fingerprint density at radius 3 is 2.45 bits per heavy atom. The standard InChI is InChI=1S/C25H24N4O2/c1-31-24-17-21(12-13-23(24)29-15-14-26-18-29)27-25(30)28-22(20-10-6-3-7-11-20)16-19-8-4-2-5-9-19/h2-15,17-18,22H,16H2,1H3,(H2,27,28,30). The van der Waals surface area contributed by atoms with Gasteiger partial charge in [0.2, 0.25) is 0 Å². The zero-order chi connectivity index (χ0) is 21.5. The van der Waals surface area contributed by atoms with Gasteiger partial charge >= 0.3 is 6.03 Å². The number of carbonyl (C=O) groups is 1. The second-order valence-corrected chi connectivity index (χ2v) is 7.11. The van der Waals surface area contributed by atoms with Crippen molar-refractivity contribution in [1.82, 2.24) is 14.9 Å². The molecule has 2 amide bonds. The number of aromatic nitrogens is 2. The van der Waals surface area contributed by atoms with Gasteiger partial charge in [-0.3, -0.25) is 0 Å². The van der Waals surface area contributed by atoms with Crippen LogP contribution in [0.4, 0.5) is 10.5 Å². The van der Waals surface area contributed by atoms with E-state index >= 15 is 0 Å². The van der Waals surface area contributed by atoms with E-state index in [2.05, 4.69) is 27.8 Å². The number of carbonyl (C=O) groups excluding carboxylic acids is 1. The number of methoxy groups -OCH3 is 1. The largest absolute Gasteiger partial charge is 0.494 e. The molecule has 4 aromatic rings. The van der Waals surface area contributed by atoms with E-state index in [-0.39, 0.29) is 12.1 Å². The molecular formula is C25H24N4O2. The van der Waals surface area contributed by atoms with Crippen LogP contribution in [0.25, 0.3) is 5.69 Å². The molecule has 0 aliphatic rings. The first-order valence-electron chi connectivity index (χ1n) is 10.1. The van der Waals surface area contributed by atoms with Gasteiger partial charge in [-0.05, 0) is 29.7 Å². The Bertz CT molecular complexity index is 1110. The number of nitrogens with zero attached hydrogens (tertiary/aromatic N) is 2. The summed E-state index contributed by atoms with van der Waals surface area (Å²) in [5, 5.41) is 6.02. The number of rotatable bonds is 7. The van der Waals surface area contributed by atoms with Gasteiger partial charge in [-0.2, -0.15) is 0 Å². The maximum atomic E-state index is 12.8. The number of ether oxygens (including phenoxy) is 1. The first-order valence-corrected chi connectivity index (χ1v) is 10.1. The fourth-order valence-corrected chi connectivity index (χ4v) is 3.48. The highest BCUT2D eigenvalue weighted by Gasteiger charge is 2.16. The molecule has 1 heterocycles. The molecule has 6 heteroatoms. The molecule has 0 radical (unpaired) electrons. The van der Waals surface area contributed by atoms with Gasteiger partial charge in [0.25, 0.3) is 0 Å². The summed E-state index contributed by atoms with van der Waals surface area (Å²) >= 11 is 0. The lowest BCUT2D eigenvalue weighted by Crippen LogP contribution is -2.33. The second-order valence-electron chi connectivity index (χ2n) is 7.11. The third-order valence-corrected chi connectivity index (χ3v) is 5.01. The monoisotopic (exact) mass is 412 g/mol.